The number of aromatic nitrogens is 1. The van der Waals surface area contributed by atoms with E-state index in [1.54, 1.807) is 0 Å². The molecule has 1 heterocycles. The van der Waals surface area contributed by atoms with E-state index in [-0.39, 0.29) is 0 Å². The lowest BCUT2D eigenvalue weighted by Gasteiger charge is -2.12. The maximum Gasteiger partial charge on any atom is 0.181 e. The Morgan fingerprint density at radius 1 is 1.44 bits per heavy atom. The van der Waals surface area contributed by atoms with Gasteiger partial charge in [0, 0.05) is 0 Å². The van der Waals surface area contributed by atoms with Crippen LogP contribution in [-0.4, -0.2) is 11.6 Å². The third-order valence-corrected chi connectivity index (χ3v) is 3.31. The first kappa shape index (κ1) is 11.2. The van der Waals surface area contributed by atoms with Crippen LogP contribution in [0.1, 0.15) is 32.3 Å². The maximum absolute atomic E-state index is 5.71. The van der Waals surface area contributed by atoms with Gasteiger partial charge < -0.3 is 10.5 Å². The summed E-state index contributed by atoms with van der Waals surface area (Å²) >= 11 is 1.50. The van der Waals surface area contributed by atoms with Crippen LogP contribution in [0, 0.1) is 0 Å². The fraction of sp³-hybridized carbons (Fsp3) is 0.417. The van der Waals surface area contributed by atoms with E-state index in [1.807, 2.05) is 13.0 Å². The molecule has 0 aliphatic heterocycles. The predicted molar refractivity (Wildman–Crippen MR) is 69.3 cm³/mol. The van der Waals surface area contributed by atoms with Gasteiger partial charge in [-0.15, -0.1) is 0 Å². The number of ether oxygens (including phenoxy) is 1. The molecule has 0 radical (unpaired) electrons. The number of thiazole rings is 1. The first-order valence-corrected chi connectivity index (χ1v) is 6.26. The first-order valence-electron chi connectivity index (χ1n) is 5.44. The molecule has 0 spiro atoms. The summed E-state index contributed by atoms with van der Waals surface area (Å²) in [5, 5.41) is 0.610. The molecule has 86 valence electrons. The number of anilines is 1. The van der Waals surface area contributed by atoms with E-state index in [4.69, 9.17) is 10.5 Å². The minimum atomic E-state index is 0.425. The Bertz CT molecular complexity index is 505. The number of nitrogens with zero attached hydrogens (tertiary/aromatic N) is 1. The van der Waals surface area contributed by atoms with Crippen molar-refractivity contribution in [2.75, 3.05) is 12.3 Å². The minimum absolute atomic E-state index is 0.425. The second-order valence-electron chi connectivity index (χ2n) is 4.00. The van der Waals surface area contributed by atoms with Crippen molar-refractivity contribution in [1.29, 1.82) is 0 Å². The SMILES string of the molecule is CCOc1cc2sc(N)nc2cc1C(C)C. The van der Waals surface area contributed by atoms with E-state index in [0.29, 0.717) is 17.7 Å². The van der Waals surface area contributed by atoms with Crippen LogP contribution in [-0.2, 0) is 0 Å². The number of fused-ring (bicyclic) bond motifs is 1. The van der Waals surface area contributed by atoms with Crippen molar-refractivity contribution in [3.63, 3.8) is 0 Å². The minimum Gasteiger partial charge on any atom is -0.494 e. The molecule has 2 N–H and O–H groups in total. The molecule has 4 heteroatoms. The predicted octanol–water partition coefficient (Wildman–Crippen LogP) is 3.40. The maximum atomic E-state index is 5.71. The van der Waals surface area contributed by atoms with Gasteiger partial charge in [-0.1, -0.05) is 25.2 Å². The molecule has 0 fully saturated rings. The van der Waals surface area contributed by atoms with E-state index in [9.17, 15) is 0 Å². The Hall–Kier alpha value is -1.29. The van der Waals surface area contributed by atoms with Crippen molar-refractivity contribution in [2.24, 2.45) is 0 Å². The quantitative estimate of drug-likeness (QED) is 0.888. The molecule has 2 aromatic rings. The van der Waals surface area contributed by atoms with Crippen LogP contribution in [0.15, 0.2) is 12.1 Å². The molecule has 0 unspecified atom stereocenters. The highest BCUT2D eigenvalue weighted by molar-refractivity contribution is 7.22. The molecular formula is C12H16N2OS. The Morgan fingerprint density at radius 2 is 2.19 bits per heavy atom. The summed E-state index contributed by atoms with van der Waals surface area (Å²) in [6, 6.07) is 4.13. The van der Waals surface area contributed by atoms with Crippen molar-refractivity contribution in [3.8, 4) is 5.75 Å². The Morgan fingerprint density at radius 3 is 2.81 bits per heavy atom. The van der Waals surface area contributed by atoms with E-state index in [0.717, 1.165) is 16.0 Å². The van der Waals surface area contributed by atoms with Crippen LogP contribution in [0.2, 0.25) is 0 Å². The number of hydrogen-bond acceptors (Lipinski definition) is 4. The monoisotopic (exact) mass is 236 g/mol. The van der Waals surface area contributed by atoms with Gasteiger partial charge in [-0.25, -0.2) is 4.98 Å². The average Bonchev–Trinajstić information content (AvgIpc) is 2.56. The van der Waals surface area contributed by atoms with E-state index in [1.165, 1.54) is 16.9 Å². The largest absolute Gasteiger partial charge is 0.494 e. The summed E-state index contributed by atoms with van der Waals surface area (Å²) in [6.07, 6.45) is 0. The lowest BCUT2D eigenvalue weighted by atomic mass is 10.0. The van der Waals surface area contributed by atoms with Gasteiger partial charge in [-0.05, 0) is 30.5 Å². The highest BCUT2D eigenvalue weighted by atomic mass is 32.1. The zero-order valence-corrected chi connectivity index (χ0v) is 10.6. The van der Waals surface area contributed by atoms with Crippen LogP contribution < -0.4 is 10.5 Å². The molecule has 1 aromatic heterocycles. The molecule has 0 saturated heterocycles. The average molecular weight is 236 g/mol. The van der Waals surface area contributed by atoms with Crippen molar-refractivity contribution in [2.45, 2.75) is 26.7 Å². The Balaban J connectivity index is 2.60. The molecule has 0 saturated carbocycles. The normalized spacial score (nSPS) is 11.2. The number of hydrogen-bond donors (Lipinski definition) is 1. The first-order chi connectivity index (χ1) is 7.61. The molecule has 1 aromatic carbocycles. The van der Waals surface area contributed by atoms with Gasteiger partial charge >= 0.3 is 0 Å². The Kier molecular flexibility index (Phi) is 3.01. The number of nitrogen functional groups attached to an aromatic ring is 1. The van der Waals surface area contributed by atoms with Crippen LogP contribution >= 0.6 is 11.3 Å². The molecule has 0 bridgehead atoms. The van der Waals surface area contributed by atoms with Crippen molar-refractivity contribution in [1.82, 2.24) is 4.98 Å². The summed E-state index contributed by atoms with van der Waals surface area (Å²) in [7, 11) is 0. The summed E-state index contributed by atoms with van der Waals surface area (Å²) in [5.41, 5.74) is 7.87. The number of rotatable bonds is 3. The summed E-state index contributed by atoms with van der Waals surface area (Å²) in [6.45, 7) is 6.98. The molecular weight excluding hydrogens is 220 g/mol. The molecule has 16 heavy (non-hydrogen) atoms. The lowest BCUT2D eigenvalue weighted by Crippen LogP contribution is -1.98. The molecule has 0 aliphatic rings. The van der Waals surface area contributed by atoms with Crippen LogP contribution in [0.3, 0.4) is 0 Å². The fourth-order valence-corrected chi connectivity index (χ4v) is 2.47. The second-order valence-corrected chi connectivity index (χ2v) is 5.06. The number of benzene rings is 1. The molecule has 0 aliphatic carbocycles. The molecule has 0 atom stereocenters. The second kappa shape index (κ2) is 4.29. The topological polar surface area (TPSA) is 48.1 Å². The van der Waals surface area contributed by atoms with Gasteiger partial charge in [0.05, 0.1) is 16.8 Å². The van der Waals surface area contributed by atoms with Gasteiger partial charge in [0.15, 0.2) is 5.13 Å². The molecule has 2 rings (SSSR count). The standard InChI is InChI=1S/C12H16N2OS/c1-4-15-10-6-11-9(14-12(13)16-11)5-8(10)7(2)3/h5-7H,4H2,1-3H3,(H2,13,14). The lowest BCUT2D eigenvalue weighted by molar-refractivity contribution is 0.336. The van der Waals surface area contributed by atoms with Gasteiger partial charge in [0.25, 0.3) is 0 Å². The Labute approximate surface area is 99.3 Å². The van der Waals surface area contributed by atoms with Gasteiger partial charge in [-0.2, -0.15) is 0 Å². The smallest absolute Gasteiger partial charge is 0.181 e. The molecule has 0 amide bonds. The highest BCUT2D eigenvalue weighted by Gasteiger charge is 2.12. The van der Waals surface area contributed by atoms with E-state index in [2.05, 4.69) is 24.9 Å². The summed E-state index contributed by atoms with van der Waals surface area (Å²) in [5.74, 6) is 1.38. The zero-order chi connectivity index (χ0) is 11.7. The van der Waals surface area contributed by atoms with Crippen LogP contribution in [0.25, 0.3) is 10.2 Å². The third-order valence-electron chi connectivity index (χ3n) is 2.46. The summed E-state index contributed by atoms with van der Waals surface area (Å²) in [4.78, 5) is 4.30. The number of nitrogens with two attached hydrogens (primary N) is 1. The summed E-state index contributed by atoms with van der Waals surface area (Å²) < 4.78 is 6.74. The van der Waals surface area contributed by atoms with Crippen molar-refractivity contribution < 1.29 is 4.74 Å². The van der Waals surface area contributed by atoms with Gasteiger partial charge in [0.1, 0.15) is 5.75 Å². The fourth-order valence-electron chi connectivity index (χ4n) is 1.72. The third kappa shape index (κ3) is 1.97. The zero-order valence-electron chi connectivity index (χ0n) is 9.78. The van der Waals surface area contributed by atoms with Gasteiger partial charge in [-0.3, -0.25) is 0 Å². The van der Waals surface area contributed by atoms with E-state index < -0.39 is 0 Å². The van der Waals surface area contributed by atoms with Crippen molar-refractivity contribution >= 4 is 26.7 Å². The highest BCUT2D eigenvalue weighted by Crippen LogP contribution is 2.34. The molecule has 3 nitrogen and oxygen atoms in total. The van der Waals surface area contributed by atoms with Crippen LogP contribution in [0.5, 0.6) is 5.75 Å². The van der Waals surface area contributed by atoms with E-state index >= 15 is 0 Å². The van der Waals surface area contributed by atoms with Gasteiger partial charge in [0.2, 0.25) is 0 Å². The van der Waals surface area contributed by atoms with Crippen LogP contribution in [0.4, 0.5) is 5.13 Å². The van der Waals surface area contributed by atoms with Crippen molar-refractivity contribution in [3.05, 3.63) is 17.7 Å².